The van der Waals surface area contributed by atoms with Gasteiger partial charge in [-0.25, -0.2) is 4.79 Å². The van der Waals surface area contributed by atoms with Gasteiger partial charge in [0.2, 0.25) is 5.91 Å². The number of nitrogens with one attached hydrogen (secondary N) is 1. The van der Waals surface area contributed by atoms with E-state index in [1.807, 2.05) is 6.92 Å². The molecule has 0 heterocycles. The molecule has 0 aliphatic rings. The molecular formula is C20H22N2O5. The quantitative estimate of drug-likeness (QED) is 0.321. The van der Waals surface area contributed by atoms with Crippen molar-refractivity contribution in [2.75, 3.05) is 19.0 Å². The molecule has 0 aromatic heterocycles. The zero-order valence-corrected chi connectivity index (χ0v) is 15.3. The molecule has 0 fully saturated rings. The molecule has 27 heavy (non-hydrogen) atoms. The van der Waals surface area contributed by atoms with Crippen LogP contribution in [-0.4, -0.2) is 36.5 Å². The van der Waals surface area contributed by atoms with Gasteiger partial charge in [0.15, 0.2) is 0 Å². The van der Waals surface area contributed by atoms with Gasteiger partial charge in [-0.1, -0.05) is 24.2 Å². The summed E-state index contributed by atoms with van der Waals surface area (Å²) < 4.78 is 10.3. The van der Waals surface area contributed by atoms with E-state index in [4.69, 9.17) is 9.47 Å². The number of nitrogens with zero attached hydrogens (tertiary/aromatic N) is 1. The molecule has 2 aromatic carbocycles. The molecule has 7 heteroatoms. The average molecular weight is 370 g/mol. The van der Waals surface area contributed by atoms with E-state index < -0.39 is 5.97 Å². The summed E-state index contributed by atoms with van der Waals surface area (Å²) in [7, 11) is 1.55. The van der Waals surface area contributed by atoms with E-state index >= 15 is 0 Å². The number of rotatable bonds is 8. The van der Waals surface area contributed by atoms with Gasteiger partial charge in [-0.3, -0.25) is 4.79 Å². The first-order valence-corrected chi connectivity index (χ1v) is 8.50. The summed E-state index contributed by atoms with van der Waals surface area (Å²) >= 11 is 0. The number of carbonyl (C=O) groups is 2. The molecular weight excluding hydrogens is 348 g/mol. The van der Waals surface area contributed by atoms with Gasteiger partial charge in [0.25, 0.3) is 0 Å². The van der Waals surface area contributed by atoms with Crippen LogP contribution in [0.1, 0.15) is 35.7 Å². The minimum Gasteiger partial charge on any atom is -0.497 e. The number of para-hydroxylation sites is 1. The lowest BCUT2D eigenvalue weighted by molar-refractivity contribution is -0.116. The summed E-state index contributed by atoms with van der Waals surface area (Å²) in [6.07, 6.45) is 1.07. The molecule has 0 spiro atoms. The summed E-state index contributed by atoms with van der Waals surface area (Å²) in [6, 6.07) is 13.4. The van der Waals surface area contributed by atoms with Gasteiger partial charge in [0, 0.05) is 12.0 Å². The highest BCUT2D eigenvalue weighted by atomic mass is 16.5. The first-order valence-electron chi connectivity index (χ1n) is 8.50. The van der Waals surface area contributed by atoms with Crippen molar-refractivity contribution in [1.82, 2.24) is 0 Å². The molecule has 0 bridgehead atoms. The van der Waals surface area contributed by atoms with Crippen LogP contribution >= 0.6 is 0 Å². The number of methoxy groups -OCH3 is 1. The first-order chi connectivity index (χ1) is 13.1. The number of hydrogen-bond donors (Lipinski definition) is 2. The van der Waals surface area contributed by atoms with Crippen LogP contribution in [-0.2, 0) is 9.53 Å². The maximum absolute atomic E-state index is 12.4. The van der Waals surface area contributed by atoms with Crippen LogP contribution in [0, 0.1) is 0 Å². The number of hydrogen-bond acceptors (Lipinski definition) is 6. The average Bonchev–Trinajstić information content (AvgIpc) is 2.69. The van der Waals surface area contributed by atoms with Crippen molar-refractivity contribution in [2.24, 2.45) is 5.16 Å². The number of benzene rings is 2. The van der Waals surface area contributed by atoms with Crippen LogP contribution < -0.4 is 10.1 Å². The van der Waals surface area contributed by atoms with Crippen molar-refractivity contribution < 1.29 is 24.3 Å². The zero-order valence-electron chi connectivity index (χ0n) is 15.3. The Kier molecular flexibility index (Phi) is 7.37. The maximum atomic E-state index is 12.4. The van der Waals surface area contributed by atoms with Gasteiger partial charge in [-0.2, -0.15) is 0 Å². The predicted octanol–water partition coefficient (Wildman–Crippen LogP) is 3.47. The Morgan fingerprint density at radius 2 is 1.81 bits per heavy atom. The van der Waals surface area contributed by atoms with Gasteiger partial charge in [0.1, 0.15) is 18.1 Å². The lowest BCUT2D eigenvalue weighted by Crippen LogP contribution is -2.18. The molecule has 7 nitrogen and oxygen atoms in total. The van der Waals surface area contributed by atoms with E-state index in [-0.39, 0.29) is 23.8 Å². The third-order valence-corrected chi connectivity index (χ3v) is 3.78. The van der Waals surface area contributed by atoms with E-state index in [1.54, 1.807) is 55.6 Å². The minimum atomic E-state index is -0.628. The van der Waals surface area contributed by atoms with Gasteiger partial charge < -0.3 is 20.0 Å². The second kappa shape index (κ2) is 9.96. The lowest BCUT2D eigenvalue weighted by Gasteiger charge is -2.11. The fraction of sp³-hybridized carbons (Fsp3) is 0.250. The molecule has 0 atom stereocenters. The predicted molar refractivity (Wildman–Crippen MR) is 102 cm³/mol. The normalized spacial score (nSPS) is 11.0. The highest BCUT2D eigenvalue weighted by Crippen LogP contribution is 2.17. The Labute approximate surface area is 157 Å². The van der Waals surface area contributed by atoms with E-state index in [2.05, 4.69) is 10.5 Å². The Bertz CT molecular complexity index is 815. The fourth-order valence-corrected chi connectivity index (χ4v) is 2.37. The molecule has 0 unspecified atom stereocenters. The Balaban J connectivity index is 2.07. The van der Waals surface area contributed by atoms with Crippen molar-refractivity contribution in [2.45, 2.75) is 19.8 Å². The monoisotopic (exact) mass is 370 g/mol. The Hall–Kier alpha value is -3.35. The minimum absolute atomic E-state index is 0.173. The number of esters is 1. The summed E-state index contributed by atoms with van der Waals surface area (Å²) in [5.74, 6) is -0.143. The lowest BCUT2D eigenvalue weighted by atomic mass is 10.1. The van der Waals surface area contributed by atoms with Gasteiger partial charge in [-0.15, -0.1) is 0 Å². The van der Waals surface area contributed by atoms with Crippen LogP contribution in [0.2, 0.25) is 0 Å². The van der Waals surface area contributed by atoms with Crippen molar-refractivity contribution in [3.63, 3.8) is 0 Å². The van der Waals surface area contributed by atoms with E-state index in [0.29, 0.717) is 29.8 Å². The molecule has 2 N–H and O–H groups in total. The van der Waals surface area contributed by atoms with Crippen LogP contribution in [0.3, 0.4) is 0 Å². The SMILES string of the molecule is CCCC(=O)Nc1ccccc1C(=O)OCC(=NO)c1ccc(OC)cc1. The van der Waals surface area contributed by atoms with Crippen LogP contribution in [0.25, 0.3) is 0 Å². The molecule has 0 aliphatic heterocycles. The van der Waals surface area contributed by atoms with Crippen LogP contribution in [0.4, 0.5) is 5.69 Å². The topological polar surface area (TPSA) is 97.2 Å². The highest BCUT2D eigenvalue weighted by molar-refractivity contribution is 6.05. The Morgan fingerprint density at radius 1 is 1.11 bits per heavy atom. The number of amides is 1. The third-order valence-electron chi connectivity index (χ3n) is 3.78. The van der Waals surface area contributed by atoms with E-state index in [0.717, 1.165) is 0 Å². The van der Waals surface area contributed by atoms with E-state index in [9.17, 15) is 14.8 Å². The molecule has 0 saturated heterocycles. The summed E-state index contributed by atoms with van der Waals surface area (Å²) in [4.78, 5) is 24.2. The fourth-order valence-electron chi connectivity index (χ4n) is 2.37. The van der Waals surface area contributed by atoms with Gasteiger partial charge >= 0.3 is 5.97 Å². The maximum Gasteiger partial charge on any atom is 0.340 e. The number of anilines is 1. The second-order valence-corrected chi connectivity index (χ2v) is 5.70. The van der Waals surface area contributed by atoms with Crippen molar-refractivity contribution >= 4 is 23.3 Å². The Morgan fingerprint density at radius 3 is 2.44 bits per heavy atom. The zero-order chi connectivity index (χ0) is 19.6. The van der Waals surface area contributed by atoms with Crippen molar-refractivity contribution in [3.05, 3.63) is 59.7 Å². The molecule has 0 saturated carbocycles. The van der Waals surface area contributed by atoms with Crippen LogP contribution in [0.5, 0.6) is 5.75 Å². The number of ether oxygens (including phenoxy) is 2. The standard InChI is InChI=1S/C20H22N2O5/c1-3-6-19(23)21-17-8-5-4-7-16(17)20(24)27-13-18(22-25)14-9-11-15(26-2)12-10-14/h4-5,7-12,25H,3,6,13H2,1-2H3,(H,21,23). The van der Waals surface area contributed by atoms with Crippen molar-refractivity contribution in [3.8, 4) is 5.75 Å². The molecule has 142 valence electrons. The smallest absolute Gasteiger partial charge is 0.340 e. The number of oxime groups is 1. The second-order valence-electron chi connectivity index (χ2n) is 5.70. The third kappa shape index (κ3) is 5.57. The summed E-state index contributed by atoms with van der Waals surface area (Å²) in [5, 5.41) is 15.1. The highest BCUT2D eigenvalue weighted by Gasteiger charge is 2.16. The number of carbonyl (C=O) groups excluding carboxylic acids is 2. The molecule has 0 aliphatic carbocycles. The summed E-state index contributed by atoms with van der Waals surface area (Å²) in [5.41, 5.74) is 1.40. The first kappa shape index (κ1) is 20.0. The molecule has 2 aromatic rings. The summed E-state index contributed by atoms with van der Waals surface area (Å²) in [6.45, 7) is 1.67. The van der Waals surface area contributed by atoms with Gasteiger partial charge in [0.05, 0.1) is 18.4 Å². The van der Waals surface area contributed by atoms with E-state index in [1.165, 1.54) is 0 Å². The molecule has 1 amide bonds. The molecule has 2 rings (SSSR count). The van der Waals surface area contributed by atoms with Gasteiger partial charge in [-0.05, 0) is 42.8 Å². The molecule has 0 radical (unpaired) electrons. The largest absolute Gasteiger partial charge is 0.497 e. The van der Waals surface area contributed by atoms with Crippen LogP contribution in [0.15, 0.2) is 53.7 Å². The van der Waals surface area contributed by atoms with Crippen molar-refractivity contribution in [1.29, 1.82) is 0 Å².